The van der Waals surface area contributed by atoms with E-state index < -0.39 is 0 Å². The predicted molar refractivity (Wildman–Crippen MR) is 66.9 cm³/mol. The van der Waals surface area contributed by atoms with Crippen LogP contribution in [0.2, 0.25) is 0 Å². The molecule has 2 aromatic rings. The summed E-state index contributed by atoms with van der Waals surface area (Å²) in [6.07, 6.45) is 5.08. The van der Waals surface area contributed by atoms with Crippen LogP contribution in [-0.2, 0) is 6.42 Å². The number of nitrogens with one attached hydrogen (secondary N) is 3. The molecule has 19 heavy (non-hydrogen) atoms. The fourth-order valence-corrected chi connectivity index (χ4v) is 2.01. The Kier molecular flexibility index (Phi) is 3.30. The first-order valence-corrected chi connectivity index (χ1v) is 6.52. The molecular formula is C11H16N6O2. The second-order valence-corrected chi connectivity index (χ2v) is 4.74. The quantitative estimate of drug-likeness (QED) is 0.665. The average molecular weight is 264 g/mol. The first-order chi connectivity index (χ1) is 9.31. The van der Waals surface area contributed by atoms with Gasteiger partial charge in [-0.3, -0.25) is 4.98 Å². The molecule has 3 rings (SSSR count). The number of rotatable bonds is 6. The number of hydrogen-bond donors (Lipinski definition) is 3. The first kappa shape index (κ1) is 11.9. The Morgan fingerprint density at radius 1 is 1.42 bits per heavy atom. The van der Waals surface area contributed by atoms with Crippen LogP contribution in [0, 0.1) is 0 Å². The van der Waals surface area contributed by atoms with Crippen LogP contribution in [0.3, 0.4) is 0 Å². The van der Waals surface area contributed by atoms with Crippen molar-refractivity contribution in [3.63, 3.8) is 0 Å². The van der Waals surface area contributed by atoms with E-state index >= 15 is 0 Å². The lowest BCUT2D eigenvalue weighted by molar-refractivity contribution is 0.366. The molecule has 0 aromatic carbocycles. The first-order valence-electron chi connectivity index (χ1n) is 6.52. The molecular weight excluding hydrogens is 248 g/mol. The number of aryl methyl sites for hydroxylation is 1. The number of aromatic nitrogens is 5. The van der Waals surface area contributed by atoms with Gasteiger partial charge in [-0.1, -0.05) is 11.6 Å². The molecule has 0 saturated heterocycles. The van der Waals surface area contributed by atoms with Gasteiger partial charge in [-0.15, -0.1) is 0 Å². The van der Waals surface area contributed by atoms with Gasteiger partial charge in [0.05, 0.1) is 0 Å². The molecule has 1 fully saturated rings. The summed E-state index contributed by atoms with van der Waals surface area (Å²) in [5.74, 6) is 1.95. The van der Waals surface area contributed by atoms with E-state index in [-0.39, 0.29) is 5.69 Å². The maximum absolute atomic E-state index is 10.8. The molecule has 2 aromatic heterocycles. The van der Waals surface area contributed by atoms with Gasteiger partial charge >= 0.3 is 11.7 Å². The van der Waals surface area contributed by atoms with Crippen molar-refractivity contribution in [1.29, 1.82) is 0 Å². The summed E-state index contributed by atoms with van der Waals surface area (Å²) < 4.78 is 5.13. The summed E-state index contributed by atoms with van der Waals surface area (Å²) in [7, 11) is 0. The summed E-state index contributed by atoms with van der Waals surface area (Å²) in [5, 5.41) is 13.2. The van der Waals surface area contributed by atoms with E-state index in [0.29, 0.717) is 30.7 Å². The summed E-state index contributed by atoms with van der Waals surface area (Å²) in [4.78, 5) is 17.7. The minimum Gasteiger partial charge on any atom is -0.338 e. The van der Waals surface area contributed by atoms with Crippen LogP contribution in [0.1, 0.15) is 43.3 Å². The fraction of sp³-hybridized carbons (Fsp3) is 0.636. The van der Waals surface area contributed by atoms with E-state index in [4.69, 9.17) is 4.52 Å². The molecule has 1 aliphatic carbocycles. The lowest BCUT2D eigenvalue weighted by Gasteiger charge is -2.20. The Hall–Kier alpha value is -2.12. The SMILES string of the molecule is O=c1[nH]nc(CCCNc2nc(C3CCC3)no2)[nH]1. The third-order valence-corrected chi connectivity index (χ3v) is 3.33. The molecule has 0 bridgehead atoms. The maximum atomic E-state index is 10.8. The van der Waals surface area contributed by atoms with Crippen LogP contribution >= 0.6 is 0 Å². The van der Waals surface area contributed by atoms with Gasteiger partial charge < -0.3 is 9.84 Å². The van der Waals surface area contributed by atoms with Gasteiger partial charge in [0, 0.05) is 18.9 Å². The van der Waals surface area contributed by atoms with Crippen LogP contribution in [0.5, 0.6) is 0 Å². The monoisotopic (exact) mass is 264 g/mol. The largest absolute Gasteiger partial charge is 0.340 e. The normalized spacial score (nSPS) is 15.4. The molecule has 0 amide bonds. The highest BCUT2D eigenvalue weighted by Gasteiger charge is 2.24. The molecule has 8 heteroatoms. The van der Waals surface area contributed by atoms with E-state index in [0.717, 1.165) is 25.1 Å². The zero-order valence-electron chi connectivity index (χ0n) is 10.5. The summed E-state index contributed by atoms with van der Waals surface area (Å²) in [6, 6.07) is 0.470. The highest BCUT2D eigenvalue weighted by molar-refractivity contribution is 5.19. The van der Waals surface area contributed by atoms with Crippen LogP contribution < -0.4 is 11.0 Å². The van der Waals surface area contributed by atoms with Crippen molar-refractivity contribution >= 4 is 6.01 Å². The van der Waals surface area contributed by atoms with Crippen molar-refractivity contribution in [3.8, 4) is 0 Å². The van der Waals surface area contributed by atoms with E-state index in [1.54, 1.807) is 0 Å². The summed E-state index contributed by atoms with van der Waals surface area (Å²) in [5.41, 5.74) is -0.273. The van der Waals surface area contributed by atoms with E-state index in [1.165, 1.54) is 6.42 Å². The zero-order chi connectivity index (χ0) is 13.1. The maximum Gasteiger partial charge on any atom is 0.340 e. The number of H-pyrrole nitrogens is 2. The van der Waals surface area contributed by atoms with Gasteiger partial charge in [-0.25, -0.2) is 9.89 Å². The average Bonchev–Trinajstić information content (AvgIpc) is 2.92. The van der Waals surface area contributed by atoms with Crippen LogP contribution in [0.25, 0.3) is 0 Å². The van der Waals surface area contributed by atoms with Crippen molar-refractivity contribution in [3.05, 3.63) is 22.1 Å². The second kappa shape index (κ2) is 5.25. The second-order valence-electron chi connectivity index (χ2n) is 4.74. The van der Waals surface area contributed by atoms with Gasteiger partial charge in [-0.05, 0) is 19.3 Å². The lowest BCUT2D eigenvalue weighted by Crippen LogP contribution is -2.10. The van der Waals surface area contributed by atoms with Crippen LogP contribution in [0.15, 0.2) is 9.32 Å². The molecule has 1 saturated carbocycles. The van der Waals surface area contributed by atoms with E-state index in [2.05, 4.69) is 30.6 Å². The molecule has 0 unspecified atom stereocenters. The van der Waals surface area contributed by atoms with Gasteiger partial charge in [0.1, 0.15) is 5.82 Å². The zero-order valence-corrected chi connectivity index (χ0v) is 10.5. The van der Waals surface area contributed by atoms with Crippen molar-refractivity contribution in [2.45, 2.75) is 38.0 Å². The highest BCUT2D eigenvalue weighted by Crippen LogP contribution is 2.34. The Morgan fingerprint density at radius 3 is 3.00 bits per heavy atom. The number of anilines is 1. The van der Waals surface area contributed by atoms with Gasteiger partial charge in [0.25, 0.3) is 0 Å². The molecule has 1 aliphatic rings. The minimum absolute atomic E-state index is 0.273. The Balaban J connectivity index is 1.42. The Bertz CT molecular complexity index is 582. The predicted octanol–water partition coefficient (Wildman–Crippen LogP) is 0.793. The summed E-state index contributed by atoms with van der Waals surface area (Å²) >= 11 is 0. The van der Waals surface area contributed by atoms with E-state index in [9.17, 15) is 4.79 Å². The molecule has 0 atom stereocenters. The van der Waals surface area contributed by atoms with Crippen molar-refractivity contribution in [2.24, 2.45) is 0 Å². The standard InChI is InChI=1S/C11H16N6O2/c18-10-13-8(15-16-10)5-2-6-12-11-14-9(17-19-11)7-3-1-4-7/h7H,1-6H2,(H,12,14,17)(H2,13,15,16,18). The fourth-order valence-electron chi connectivity index (χ4n) is 2.01. The molecule has 3 N–H and O–H groups in total. The molecule has 0 radical (unpaired) electrons. The minimum atomic E-state index is -0.273. The highest BCUT2D eigenvalue weighted by atomic mass is 16.5. The Morgan fingerprint density at radius 2 is 2.32 bits per heavy atom. The molecule has 0 spiro atoms. The lowest BCUT2D eigenvalue weighted by atomic mass is 9.85. The number of hydrogen-bond acceptors (Lipinski definition) is 6. The van der Waals surface area contributed by atoms with E-state index in [1.807, 2.05) is 0 Å². The molecule has 102 valence electrons. The third-order valence-electron chi connectivity index (χ3n) is 3.33. The van der Waals surface area contributed by atoms with Crippen LogP contribution in [0.4, 0.5) is 6.01 Å². The number of aromatic amines is 2. The molecule has 0 aliphatic heterocycles. The van der Waals surface area contributed by atoms with Crippen molar-refractivity contribution < 1.29 is 4.52 Å². The molecule has 2 heterocycles. The van der Waals surface area contributed by atoms with Crippen molar-refractivity contribution in [1.82, 2.24) is 25.3 Å². The van der Waals surface area contributed by atoms with Gasteiger partial charge in [0.15, 0.2) is 5.82 Å². The van der Waals surface area contributed by atoms with Crippen molar-refractivity contribution in [2.75, 3.05) is 11.9 Å². The van der Waals surface area contributed by atoms with Gasteiger partial charge in [-0.2, -0.15) is 10.1 Å². The Labute approximate surface area is 109 Å². The smallest absolute Gasteiger partial charge is 0.338 e. The summed E-state index contributed by atoms with van der Waals surface area (Å²) in [6.45, 7) is 0.696. The third kappa shape index (κ3) is 2.83. The topological polar surface area (TPSA) is 112 Å². The van der Waals surface area contributed by atoms with Crippen LogP contribution in [-0.4, -0.2) is 31.9 Å². The van der Waals surface area contributed by atoms with Gasteiger partial charge in [0.2, 0.25) is 0 Å². The molecule has 8 nitrogen and oxygen atoms in total. The number of nitrogens with zero attached hydrogens (tertiary/aromatic N) is 3.